The summed E-state index contributed by atoms with van der Waals surface area (Å²) in [5.74, 6) is -0.781. The highest BCUT2D eigenvalue weighted by molar-refractivity contribution is 7.92. The number of rotatable bonds is 11. The van der Waals surface area contributed by atoms with E-state index in [-0.39, 0.29) is 35.6 Å². The summed E-state index contributed by atoms with van der Waals surface area (Å²) in [7, 11) is -3.89. The molecule has 0 spiro atoms. The Morgan fingerprint density at radius 1 is 0.878 bits per heavy atom. The number of anilines is 1. The van der Waals surface area contributed by atoms with Gasteiger partial charge in [0.1, 0.15) is 12.6 Å². The largest absolute Gasteiger partial charge is 0.352 e. The molecule has 1 N–H and O–H groups in total. The fraction of sp³-hybridized carbons (Fsp3) is 0.355. The van der Waals surface area contributed by atoms with E-state index in [4.69, 9.17) is 23.2 Å². The summed E-state index contributed by atoms with van der Waals surface area (Å²) < 4.78 is 26.8. The van der Waals surface area contributed by atoms with Crippen molar-refractivity contribution in [2.45, 2.75) is 57.2 Å². The molecule has 41 heavy (non-hydrogen) atoms. The number of nitrogens with one attached hydrogen (secondary N) is 1. The van der Waals surface area contributed by atoms with Gasteiger partial charge in [-0.1, -0.05) is 97.1 Å². The molecule has 7 nitrogen and oxygen atoms in total. The van der Waals surface area contributed by atoms with Gasteiger partial charge < -0.3 is 10.2 Å². The van der Waals surface area contributed by atoms with Crippen molar-refractivity contribution in [2.24, 2.45) is 0 Å². The van der Waals surface area contributed by atoms with Gasteiger partial charge in [0.15, 0.2) is 0 Å². The maximum Gasteiger partial charge on any atom is 0.244 e. The summed E-state index contributed by atoms with van der Waals surface area (Å²) in [6.45, 7) is -0.427. The first kappa shape index (κ1) is 30.9. The van der Waals surface area contributed by atoms with Gasteiger partial charge in [-0.15, -0.1) is 0 Å². The van der Waals surface area contributed by atoms with Gasteiger partial charge in [-0.2, -0.15) is 0 Å². The van der Waals surface area contributed by atoms with Crippen LogP contribution in [0.15, 0.2) is 78.9 Å². The molecule has 0 radical (unpaired) electrons. The number of hydrogen-bond acceptors (Lipinski definition) is 4. The number of carbonyl (C=O) groups is 2. The maximum atomic E-state index is 14.2. The lowest BCUT2D eigenvalue weighted by Crippen LogP contribution is -2.55. The zero-order valence-corrected chi connectivity index (χ0v) is 25.3. The Hall–Kier alpha value is -3.07. The van der Waals surface area contributed by atoms with Crippen molar-refractivity contribution in [2.75, 3.05) is 17.1 Å². The Morgan fingerprint density at radius 2 is 1.51 bits per heavy atom. The minimum atomic E-state index is -3.89. The first-order valence-electron chi connectivity index (χ1n) is 13.7. The lowest BCUT2D eigenvalue weighted by atomic mass is 9.94. The summed E-state index contributed by atoms with van der Waals surface area (Å²) in [4.78, 5) is 29.6. The second-order valence-electron chi connectivity index (χ2n) is 10.4. The van der Waals surface area contributed by atoms with Crippen LogP contribution in [-0.2, 0) is 32.6 Å². The third kappa shape index (κ3) is 8.71. The van der Waals surface area contributed by atoms with E-state index in [1.807, 2.05) is 30.3 Å². The quantitative estimate of drug-likeness (QED) is 0.293. The molecule has 0 aliphatic heterocycles. The topological polar surface area (TPSA) is 86.8 Å². The van der Waals surface area contributed by atoms with E-state index in [1.54, 1.807) is 48.5 Å². The third-order valence-electron chi connectivity index (χ3n) is 7.29. The number of halogens is 2. The van der Waals surface area contributed by atoms with Gasteiger partial charge in [-0.3, -0.25) is 13.9 Å². The number of sulfonamides is 1. The van der Waals surface area contributed by atoms with Crippen molar-refractivity contribution < 1.29 is 18.0 Å². The van der Waals surface area contributed by atoms with Crippen molar-refractivity contribution in [1.82, 2.24) is 10.2 Å². The van der Waals surface area contributed by atoms with Crippen LogP contribution in [0.1, 0.15) is 43.2 Å². The zero-order valence-electron chi connectivity index (χ0n) is 23.0. The second-order valence-corrected chi connectivity index (χ2v) is 13.2. The molecular weight excluding hydrogens is 581 g/mol. The highest BCUT2D eigenvalue weighted by atomic mass is 35.5. The first-order valence-corrected chi connectivity index (χ1v) is 16.3. The van der Waals surface area contributed by atoms with E-state index < -0.39 is 28.5 Å². The van der Waals surface area contributed by atoms with Crippen LogP contribution in [0, 0.1) is 0 Å². The fourth-order valence-electron chi connectivity index (χ4n) is 5.13. The molecule has 1 fully saturated rings. The van der Waals surface area contributed by atoms with Crippen molar-refractivity contribution in [1.29, 1.82) is 0 Å². The molecule has 0 saturated heterocycles. The monoisotopic (exact) mass is 615 g/mol. The molecule has 10 heteroatoms. The van der Waals surface area contributed by atoms with Gasteiger partial charge in [-0.25, -0.2) is 8.42 Å². The number of amides is 2. The van der Waals surface area contributed by atoms with Crippen LogP contribution >= 0.6 is 23.2 Å². The Balaban J connectivity index is 1.72. The molecule has 0 unspecified atom stereocenters. The summed E-state index contributed by atoms with van der Waals surface area (Å²) in [6, 6.07) is 22.2. The number of benzene rings is 3. The Bertz CT molecular complexity index is 1430. The molecule has 1 saturated carbocycles. The SMILES string of the molecule is CS(=O)(=O)N(CC(=O)N(Cc1ccc(Cl)cc1)[C@@H](Cc1ccccc1)C(=O)NC1CCCCC1)c1ccccc1Cl. The number of para-hydroxylation sites is 1. The normalized spacial score (nSPS) is 14.7. The Labute approximate surface area is 252 Å². The average Bonchev–Trinajstić information content (AvgIpc) is 2.95. The summed E-state index contributed by atoms with van der Waals surface area (Å²) in [6.07, 6.45) is 6.32. The predicted molar refractivity (Wildman–Crippen MR) is 165 cm³/mol. The molecule has 0 aromatic heterocycles. The summed E-state index contributed by atoms with van der Waals surface area (Å²) >= 11 is 12.5. The molecule has 3 aromatic carbocycles. The highest BCUT2D eigenvalue weighted by Gasteiger charge is 2.34. The van der Waals surface area contributed by atoms with E-state index in [2.05, 4.69) is 5.32 Å². The Kier molecular flexibility index (Phi) is 10.7. The van der Waals surface area contributed by atoms with Crippen LogP contribution in [0.25, 0.3) is 0 Å². The molecule has 0 heterocycles. The van der Waals surface area contributed by atoms with Gasteiger partial charge in [-0.05, 0) is 48.2 Å². The van der Waals surface area contributed by atoms with Gasteiger partial charge in [0.2, 0.25) is 21.8 Å². The van der Waals surface area contributed by atoms with E-state index in [1.165, 1.54) is 4.90 Å². The molecule has 1 aliphatic carbocycles. The summed E-state index contributed by atoms with van der Waals surface area (Å²) in [5, 5.41) is 3.93. The van der Waals surface area contributed by atoms with Gasteiger partial charge in [0, 0.05) is 24.0 Å². The van der Waals surface area contributed by atoms with Crippen molar-refractivity contribution in [3.05, 3.63) is 100 Å². The van der Waals surface area contributed by atoms with E-state index in [0.717, 1.165) is 53.8 Å². The summed E-state index contributed by atoms with van der Waals surface area (Å²) in [5.41, 5.74) is 1.84. The smallest absolute Gasteiger partial charge is 0.244 e. The molecule has 1 atom stereocenters. The van der Waals surface area contributed by atoms with Gasteiger partial charge in [0.25, 0.3) is 0 Å². The standard InChI is InChI=1S/C31H35Cl2N3O4S/c1-41(39,40)36(28-15-9-8-14-27(28)33)22-30(37)35(21-24-16-18-25(32)19-17-24)29(20-23-10-4-2-5-11-23)31(38)34-26-12-6-3-7-13-26/h2,4-5,8-11,14-19,26,29H,3,6-7,12-13,20-22H2,1H3,(H,34,38)/t29-/m0/s1. The van der Waals surface area contributed by atoms with E-state index in [9.17, 15) is 18.0 Å². The first-order chi connectivity index (χ1) is 19.6. The molecule has 2 amide bonds. The molecule has 0 bridgehead atoms. The molecule has 4 rings (SSSR count). The van der Waals surface area contributed by atoms with Crippen LogP contribution in [0.5, 0.6) is 0 Å². The van der Waals surface area contributed by atoms with E-state index >= 15 is 0 Å². The number of hydrogen-bond donors (Lipinski definition) is 1. The van der Waals surface area contributed by atoms with Crippen LogP contribution in [0.2, 0.25) is 10.0 Å². The van der Waals surface area contributed by atoms with Crippen LogP contribution in [0.3, 0.4) is 0 Å². The van der Waals surface area contributed by atoms with Crippen LogP contribution in [-0.4, -0.2) is 50.0 Å². The third-order valence-corrected chi connectivity index (χ3v) is 8.99. The van der Waals surface area contributed by atoms with E-state index in [0.29, 0.717) is 5.02 Å². The molecule has 3 aromatic rings. The Morgan fingerprint density at radius 3 is 2.15 bits per heavy atom. The lowest BCUT2D eigenvalue weighted by Gasteiger charge is -2.35. The average molecular weight is 617 g/mol. The minimum absolute atomic E-state index is 0.0395. The lowest BCUT2D eigenvalue weighted by molar-refractivity contribution is -0.140. The zero-order chi connectivity index (χ0) is 29.4. The molecule has 218 valence electrons. The van der Waals surface area contributed by atoms with Gasteiger partial charge >= 0.3 is 0 Å². The fourth-order valence-corrected chi connectivity index (χ4v) is 6.41. The number of carbonyl (C=O) groups excluding carboxylic acids is 2. The van der Waals surface area contributed by atoms with Crippen molar-refractivity contribution >= 4 is 50.7 Å². The van der Waals surface area contributed by atoms with Crippen LogP contribution < -0.4 is 9.62 Å². The van der Waals surface area contributed by atoms with Gasteiger partial charge in [0.05, 0.1) is 17.0 Å². The molecular formula is C31H35Cl2N3O4S. The van der Waals surface area contributed by atoms with Crippen LogP contribution in [0.4, 0.5) is 5.69 Å². The van der Waals surface area contributed by atoms with Crippen molar-refractivity contribution in [3.63, 3.8) is 0 Å². The number of nitrogens with zero attached hydrogens (tertiary/aromatic N) is 2. The maximum absolute atomic E-state index is 14.2. The molecule has 1 aliphatic rings. The second kappa shape index (κ2) is 14.2. The van der Waals surface area contributed by atoms with Crippen molar-refractivity contribution in [3.8, 4) is 0 Å². The predicted octanol–water partition coefficient (Wildman–Crippen LogP) is 5.85. The minimum Gasteiger partial charge on any atom is -0.352 e. The highest BCUT2D eigenvalue weighted by Crippen LogP contribution is 2.28.